The molecule has 0 aromatic carbocycles. The van der Waals surface area contributed by atoms with Crippen LogP contribution < -0.4 is 5.73 Å². The third kappa shape index (κ3) is 4.04. The number of rotatable bonds is 5. The Morgan fingerprint density at radius 3 is 2.18 bits per heavy atom. The topological polar surface area (TPSA) is 107 Å². The maximum absolute atomic E-state index is 7.27. The number of thiol groups is 1. The lowest BCUT2D eigenvalue weighted by Crippen LogP contribution is -2.65. The Morgan fingerprint density at radius 1 is 0.971 bits per heavy atom. The lowest BCUT2D eigenvalue weighted by molar-refractivity contribution is -0.0544. The van der Waals surface area contributed by atoms with Crippen molar-refractivity contribution in [3.8, 4) is 0 Å². The quantitative estimate of drug-likeness (QED) is 0.432. The number of aromatic nitrogens is 4. The van der Waals surface area contributed by atoms with E-state index in [1.54, 1.807) is 6.33 Å². The van der Waals surface area contributed by atoms with E-state index in [1.165, 1.54) is 6.33 Å². The van der Waals surface area contributed by atoms with Gasteiger partial charge in [0.15, 0.2) is 17.7 Å². The van der Waals surface area contributed by atoms with Crippen molar-refractivity contribution in [1.29, 1.82) is 0 Å². The molecule has 12 heteroatoms. The van der Waals surface area contributed by atoms with E-state index in [4.69, 9.17) is 36.1 Å². The smallest absolute Gasteiger partial charge is 0.335 e. The second-order valence-corrected chi connectivity index (χ2v) is 20.1. The van der Waals surface area contributed by atoms with E-state index in [2.05, 4.69) is 70.3 Å². The molecular weight excluding hydrogens is 487 g/mol. The molecule has 2 aromatic heterocycles. The summed E-state index contributed by atoms with van der Waals surface area (Å²) >= 11 is 5.02. The molecule has 0 aliphatic carbocycles. The number of hydrogen-bond donors (Lipinski definition) is 2. The average molecular weight is 526 g/mol. The molecule has 0 amide bonds. The Kier molecular flexibility index (Phi) is 7.24. The molecule has 2 aromatic rings. The SMILES string of the molecule is CC(C)[Si]1(C(C)C)OC[C@H]2O[C@@H](n3cnc4c(N)ncnc43)[C@@H](S)[C@@H]2O[Si](C(C)C)(C(C)C)O1. The fraction of sp³-hybridized carbons (Fsp3) is 0.773. The van der Waals surface area contributed by atoms with Crippen LogP contribution >= 0.6 is 12.6 Å². The molecule has 4 rings (SSSR count). The van der Waals surface area contributed by atoms with E-state index in [0.717, 1.165) is 0 Å². The zero-order valence-electron chi connectivity index (χ0n) is 21.4. The highest BCUT2D eigenvalue weighted by Gasteiger charge is 2.61. The van der Waals surface area contributed by atoms with Crippen molar-refractivity contribution in [3.05, 3.63) is 12.7 Å². The first kappa shape index (κ1) is 26.0. The van der Waals surface area contributed by atoms with Crippen LogP contribution in [-0.2, 0) is 17.7 Å². The molecule has 190 valence electrons. The van der Waals surface area contributed by atoms with Crippen LogP contribution in [0.25, 0.3) is 11.2 Å². The number of ether oxygens (including phenoxy) is 1. The highest BCUT2D eigenvalue weighted by molar-refractivity contribution is 7.81. The maximum atomic E-state index is 7.27. The summed E-state index contributed by atoms with van der Waals surface area (Å²) in [5.41, 5.74) is 8.21. The summed E-state index contributed by atoms with van der Waals surface area (Å²) < 4.78 is 29.7. The lowest BCUT2D eigenvalue weighted by atomic mass is 10.2. The summed E-state index contributed by atoms with van der Waals surface area (Å²) in [6.07, 6.45) is 2.14. The molecule has 0 spiro atoms. The molecule has 2 aliphatic heterocycles. The zero-order valence-corrected chi connectivity index (χ0v) is 24.3. The van der Waals surface area contributed by atoms with Crippen molar-refractivity contribution >= 4 is 46.7 Å². The van der Waals surface area contributed by atoms with Gasteiger partial charge in [-0.3, -0.25) is 4.57 Å². The van der Waals surface area contributed by atoms with Crippen LogP contribution in [0.5, 0.6) is 0 Å². The van der Waals surface area contributed by atoms with Crippen molar-refractivity contribution in [2.75, 3.05) is 12.3 Å². The minimum absolute atomic E-state index is 0.237. The third-order valence-electron chi connectivity index (χ3n) is 7.30. The molecule has 9 nitrogen and oxygen atoms in total. The standard InChI is InChI=1S/C22H39N5O4SSi2/c1-12(2)33(13(3)4)28-9-16-18(30-34(31-33,14(5)6)15(7)8)19(32)22(29-16)27-11-26-17-20(23)24-10-25-21(17)27/h10-16,18-19,22,32H,9H2,1-8H3,(H2,23,24,25)/t16-,18-,19+,22-/m1/s1. The van der Waals surface area contributed by atoms with Gasteiger partial charge in [-0.25, -0.2) is 15.0 Å². The number of nitrogens with two attached hydrogens (primary N) is 1. The summed E-state index contributed by atoms with van der Waals surface area (Å²) in [5, 5.41) is -0.262. The summed E-state index contributed by atoms with van der Waals surface area (Å²) in [5.74, 6) is 0.340. The first-order valence-electron chi connectivity index (χ1n) is 12.2. The van der Waals surface area contributed by atoms with Crippen LogP contribution in [-0.4, -0.2) is 60.7 Å². The number of fused-ring (bicyclic) bond motifs is 2. The first-order chi connectivity index (χ1) is 15.9. The van der Waals surface area contributed by atoms with Gasteiger partial charge in [0.1, 0.15) is 17.9 Å². The largest absolute Gasteiger partial charge is 0.414 e. The van der Waals surface area contributed by atoms with E-state index < -0.39 is 23.3 Å². The van der Waals surface area contributed by atoms with Gasteiger partial charge in [0.05, 0.1) is 24.3 Å². The summed E-state index contributed by atoms with van der Waals surface area (Å²) in [6.45, 7) is 18.1. The highest BCUT2D eigenvalue weighted by atomic mass is 32.1. The number of nitrogen functional groups attached to an aromatic ring is 1. The molecule has 4 heterocycles. The molecule has 0 saturated carbocycles. The van der Waals surface area contributed by atoms with Gasteiger partial charge in [0, 0.05) is 0 Å². The van der Waals surface area contributed by atoms with Crippen LogP contribution in [0.1, 0.15) is 61.6 Å². The van der Waals surface area contributed by atoms with Crippen LogP contribution in [0.15, 0.2) is 12.7 Å². The lowest BCUT2D eigenvalue weighted by Gasteiger charge is -2.51. The van der Waals surface area contributed by atoms with Gasteiger partial charge in [-0.1, -0.05) is 55.4 Å². The Morgan fingerprint density at radius 2 is 1.59 bits per heavy atom. The molecular formula is C22H39N5O4SSi2. The van der Waals surface area contributed by atoms with Gasteiger partial charge in [-0.05, 0) is 22.2 Å². The van der Waals surface area contributed by atoms with Crippen molar-refractivity contribution in [2.45, 2.75) is 101 Å². The Balaban J connectivity index is 1.77. The average Bonchev–Trinajstić information content (AvgIpc) is 3.29. The van der Waals surface area contributed by atoms with Crippen molar-refractivity contribution in [1.82, 2.24) is 19.5 Å². The molecule has 2 saturated heterocycles. The van der Waals surface area contributed by atoms with Crippen LogP contribution in [0, 0.1) is 0 Å². The molecule has 2 N–H and O–H groups in total. The predicted molar refractivity (Wildman–Crippen MR) is 140 cm³/mol. The number of imidazole rings is 1. The molecule has 0 radical (unpaired) electrons. The number of anilines is 1. The second kappa shape index (κ2) is 9.45. The zero-order chi connectivity index (χ0) is 25.0. The Hall–Kier alpha value is -1.03. The molecule has 0 bridgehead atoms. The first-order valence-corrected chi connectivity index (χ1v) is 16.7. The molecule has 34 heavy (non-hydrogen) atoms. The van der Waals surface area contributed by atoms with Crippen molar-refractivity contribution in [2.24, 2.45) is 0 Å². The van der Waals surface area contributed by atoms with Crippen LogP contribution in [0.2, 0.25) is 22.2 Å². The Labute approximate surface area is 210 Å². The number of hydrogen-bond acceptors (Lipinski definition) is 9. The second-order valence-electron chi connectivity index (χ2n) is 10.7. The normalized spacial score (nSPS) is 29.2. The van der Waals surface area contributed by atoms with E-state index in [0.29, 0.717) is 23.6 Å². The van der Waals surface area contributed by atoms with Gasteiger partial charge in [-0.2, -0.15) is 12.6 Å². The monoisotopic (exact) mass is 525 g/mol. The molecule has 2 aliphatic rings. The van der Waals surface area contributed by atoms with Crippen LogP contribution in [0.3, 0.4) is 0 Å². The fourth-order valence-corrected chi connectivity index (χ4v) is 17.2. The van der Waals surface area contributed by atoms with Gasteiger partial charge in [-0.15, -0.1) is 0 Å². The van der Waals surface area contributed by atoms with E-state index in [9.17, 15) is 0 Å². The molecule has 0 unspecified atom stereocenters. The maximum Gasteiger partial charge on any atom is 0.335 e. The van der Waals surface area contributed by atoms with Gasteiger partial charge in [0.25, 0.3) is 0 Å². The molecule has 4 atom stereocenters. The van der Waals surface area contributed by atoms with E-state index in [1.807, 2.05) is 4.57 Å². The van der Waals surface area contributed by atoms with E-state index >= 15 is 0 Å². The van der Waals surface area contributed by atoms with Gasteiger partial charge in [0.2, 0.25) is 0 Å². The van der Waals surface area contributed by atoms with E-state index in [-0.39, 0.29) is 39.6 Å². The number of nitrogens with zero attached hydrogens (tertiary/aromatic N) is 4. The minimum atomic E-state index is -2.75. The van der Waals surface area contributed by atoms with Gasteiger partial charge < -0.3 is 23.4 Å². The van der Waals surface area contributed by atoms with Crippen LogP contribution in [0.4, 0.5) is 5.82 Å². The summed E-state index contributed by atoms with van der Waals surface area (Å²) in [6, 6.07) is 0. The summed E-state index contributed by atoms with van der Waals surface area (Å²) in [4.78, 5) is 12.9. The minimum Gasteiger partial charge on any atom is -0.414 e. The predicted octanol–water partition coefficient (Wildman–Crippen LogP) is 4.56. The summed E-state index contributed by atoms with van der Waals surface area (Å²) in [7, 11) is -5.38. The van der Waals surface area contributed by atoms with Crippen molar-refractivity contribution in [3.63, 3.8) is 0 Å². The fourth-order valence-electron chi connectivity index (χ4n) is 5.42. The highest BCUT2D eigenvalue weighted by Crippen LogP contribution is 2.49. The van der Waals surface area contributed by atoms with Gasteiger partial charge >= 0.3 is 17.1 Å². The van der Waals surface area contributed by atoms with Crippen molar-refractivity contribution < 1.29 is 17.7 Å². The molecule has 2 fully saturated rings. The third-order valence-corrected chi connectivity index (χ3v) is 18.1. The Bertz CT molecular complexity index is 1000.